The van der Waals surface area contributed by atoms with E-state index in [-0.39, 0.29) is 22.6 Å². The number of aliphatic hydroxyl groups excluding tert-OH is 1. The van der Waals surface area contributed by atoms with Crippen molar-refractivity contribution in [3.8, 4) is 11.8 Å². The first kappa shape index (κ1) is 19.7. The quantitative estimate of drug-likeness (QED) is 0.438. The predicted molar refractivity (Wildman–Crippen MR) is 94.0 cm³/mol. The van der Waals surface area contributed by atoms with Crippen LogP contribution >= 0.6 is 46.4 Å². The Hall–Kier alpha value is 0.340. The summed E-state index contributed by atoms with van der Waals surface area (Å²) in [6.45, 7) is 3.69. The van der Waals surface area contributed by atoms with Gasteiger partial charge in [-0.3, -0.25) is 0 Å². The summed E-state index contributed by atoms with van der Waals surface area (Å²) in [5.74, 6) is 4.57. The molecule has 0 aromatic heterocycles. The third-order valence-corrected chi connectivity index (χ3v) is 7.32. The maximum Gasteiger partial charge on any atom is 0.217 e. The minimum Gasteiger partial charge on any atom is -0.395 e. The zero-order valence-electron chi connectivity index (χ0n) is 13.5. The van der Waals surface area contributed by atoms with E-state index in [1.54, 1.807) is 0 Å². The SMILES string of the molecule is COC1(OC)[C@]2(Cl)C[C@@H](CC#CC(C)(C)CO)[C@@]1(Cl)C(Cl)=C2Cl. The Morgan fingerprint density at radius 2 is 1.78 bits per heavy atom. The molecule has 0 amide bonds. The Balaban J connectivity index is 2.41. The van der Waals surface area contributed by atoms with Gasteiger partial charge in [0.15, 0.2) is 0 Å². The molecule has 1 N–H and O–H groups in total. The molecule has 0 aromatic rings. The molecular weight excluding hydrogens is 382 g/mol. The van der Waals surface area contributed by atoms with Gasteiger partial charge in [0.1, 0.15) is 9.75 Å². The van der Waals surface area contributed by atoms with Crippen LogP contribution in [0.1, 0.15) is 26.7 Å². The second kappa shape index (κ2) is 6.25. The van der Waals surface area contributed by atoms with Gasteiger partial charge in [0.2, 0.25) is 5.79 Å². The minimum atomic E-state index is -1.35. The highest BCUT2D eigenvalue weighted by atomic mass is 35.5. The molecule has 3 nitrogen and oxygen atoms in total. The molecule has 2 aliphatic carbocycles. The summed E-state index contributed by atoms with van der Waals surface area (Å²) in [6.07, 6.45) is 0.874. The number of halogens is 4. The average molecular weight is 402 g/mol. The molecule has 3 atom stereocenters. The van der Waals surface area contributed by atoms with Crippen molar-refractivity contribution in [2.24, 2.45) is 11.3 Å². The van der Waals surface area contributed by atoms with Crippen molar-refractivity contribution in [2.75, 3.05) is 20.8 Å². The zero-order chi connectivity index (χ0) is 17.7. The minimum absolute atomic E-state index is 0.0251. The largest absolute Gasteiger partial charge is 0.395 e. The van der Waals surface area contributed by atoms with Gasteiger partial charge in [-0.05, 0) is 20.3 Å². The maximum atomic E-state index is 9.28. The lowest BCUT2D eigenvalue weighted by molar-refractivity contribution is -0.218. The molecule has 0 heterocycles. The summed E-state index contributed by atoms with van der Waals surface area (Å²) < 4.78 is 11.2. The van der Waals surface area contributed by atoms with Crippen LogP contribution in [-0.2, 0) is 9.47 Å². The molecule has 130 valence electrons. The standard InChI is InChI=1S/C16H20Cl4O3/c1-13(2,9-21)7-5-6-10-8-14(19)11(17)12(18)15(10,20)16(14,22-3)23-4/h10,21H,6,8-9H2,1-4H3/t10-,14+,15-/m1/s1. The summed E-state index contributed by atoms with van der Waals surface area (Å²) >= 11 is 26.4. The highest BCUT2D eigenvalue weighted by Crippen LogP contribution is 2.72. The lowest BCUT2D eigenvalue weighted by Crippen LogP contribution is -2.56. The molecule has 0 aliphatic heterocycles. The van der Waals surface area contributed by atoms with E-state index >= 15 is 0 Å². The van der Waals surface area contributed by atoms with Crippen LogP contribution < -0.4 is 0 Å². The summed E-state index contributed by atoms with van der Waals surface area (Å²) in [6, 6.07) is 0. The smallest absolute Gasteiger partial charge is 0.217 e. The number of rotatable bonds is 4. The zero-order valence-corrected chi connectivity index (χ0v) is 16.5. The van der Waals surface area contributed by atoms with Crippen LogP contribution in [0.15, 0.2) is 10.1 Å². The number of ether oxygens (including phenoxy) is 2. The van der Waals surface area contributed by atoms with Gasteiger partial charge in [0.05, 0.1) is 16.7 Å². The van der Waals surface area contributed by atoms with Crippen LogP contribution in [0.5, 0.6) is 0 Å². The van der Waals surface area contributed by atoms with Crippen molar-refractivity contribution in [3.63, 3.8) is 0 Å². The molecule has 0 radical (unpaired) electrons. The lowest BCUT2D eigenvalue weighted by Gasteiger charge is -2.41. The van der Waals surface area contributed by atoms with Gasteiger partial charge in [-0.15, -0.1) is 29.1 Å². The molecule has 1 saturated carbocycles. The molecule has 0 spiro atoms. The van der Waals surface area contributed by atoms with Crippen LogP contribution in [0, 0.1) is 23.2 Å². The van der Waals surface area contributed by atoms with Gasteiger partial charge in [-0.2, -0.15) is 0 Å². The molecule has 0 unspecified atom stereocenters. The Labute approximate surface area is 157 Å². The molecule has 0 saturated heterocycles. The van der Waals surface area contributed by atoms with Crippen molar-refractivity contribution in [3.05, 3.63) is 10.1 Å². The van der Waals surface area contributed by atoms with Crippen LogP contribution in [0.2, 0.25) is 0 Å². The summed E-state index contributed by atoms with van der Waals surface area (Å²) in [4.78, 5) is -2.34. The second-order valence-electron chi connectivity index (χ2n) is 6.61. The highest BCUT2D eigenvalue weighted by molar-refractivity contribution is 6.51. The van der Waals surface area contributed by atoms with Gasteiger partial charge in [0.25, 0.3) is 0 Å². The Morgan fingerprint density at radius 1 is 1.22 bits per heavy atom. The Bertz CT molecular complexity index is 588. The van der Waals surface area contributed by atoms with E-state index < -0.39 is 21.0 Å². The van der Waals surface area contributed by atoms with Crippen molar-refractivity contribution in [2.45, 2.75) is 42.2 Å². The number of aliphatic hydroxyl groups is 1. The number of methoxy groups -OCH3 is 2. The third-order valence-electron chi connectivity index (χ3n) is 4.70. The summed E-state index contributed by atoms with van der Waals surface area (Å²) in [5.41, 5.74) is -0.480. The molecule has 2 rings (SSSR count). The summed E-state index contributed by atoms with van der Waals surface area (Å²) in [7, 11) is 2.95. The molecule has 2 aliphatic rings. The Kier molecular flexibility index (Phi) is 5.34. The lowest BCUT2D eigenvalue weighted by atomic mass is 9.87. The number of alkyl halides is 2. The van der Waals surface area contributed by atoms with Crippen molar-refractivity contribution < 1.29 is 14.6 Å². The van der Waals surface area contributed by atoms with E-state index in [1.807, 2.05) is 13.8 Å². The van der Waals surface area contributed by atoms with Crippen LogP contribution in [0.4, 0.5) is 0 Å². The van der Waals surface area contributed by atoms with Crippen molar-refractivity contribution in [1.82, 2.24) is 0 Å². The summed E-state index contributed by atoms with van der Waals surface area (Å²) in [5, 5.41) is 9.80. The fraction of sp³-hybridized carbons (Fsp3) is 0.750. The third kappa shape index (κ3) is 2.46. The highest BCUT2D eigenvalue weighted by Gasteiger charge is 2.80. The van der Waals surface area contributed by atoms with E-state index in [0.717, 1.165) is 0 Å². The van der Waals surface area contributed by atoms with E-state index in [0.29, 0.717) is 12.8 Å². The molecule has 7 heteroatoms. The first-order valence-electron chi connectivity index (χ1n) is 7.21. The first-order chi connectivity index (χ1) is 10.6. The van der Waals surface area contributed by atoms with Gasteiger partial charge >= 0.3 is 0 Å². The topological polar surface area (TPSA) is 38.7 Å². The Morgan fingerprint density at radius 3 is 2.22 bits per heavy atom. The predicted octanol–water partition coefficient (Wildman–Crippen LogP) is 4.07. The molecular formula is C16H20Cl4O3. The van der Waals surface area contributed by atoms with Gasteiger partial charge in [-0.1, -0.05) is 29.1 Å². The van der Waals surface area contributed by atoms with Crippen LogP contribution in [0.25, 0.3) is 0 Å². The molecule has 1 fully saturated rings. The van der Waals surface area contributed by atoms with Gasteiger partial charge < -0.3 is 14.6 Å². The normalized spacial score (nSPS) is 35.4. The number of hydrogen-bond donors (Lipinski definition) is 1. The maximum absolute atomic E-state index is 9.28. The van der Waals surface area contributed by atoms with Gasteiger partial charge in [0, 0.05) is 32.0 Å². The average Bonchev–Trinajstić information content (AvgIpc) is 2.78. The number of hydrogen-bond acceptors (Lipinski definition) is 3. The number of fused-ring (bicyclic) bond motifs is 2. The fourth-order valence-corrected chi connectivity index (χ4v) is 5.52. The molecule has 2 bridgehead atoms. The fourth-order valence-electron chi connectivity index (χ4n) is 3.43. The monoisotopic (exact) mass is 400 g/mol. The van der Waals surface area contributed by atoms with Crippen molar-refractivity contribution in [1.29, 1.82) is 0 Å². The van der Waals surface area contributed by atoms with E-state index in [1.165, 1.54) is 14.2 Å². The molecule has 0 aromatic carbocycles. The van der Waals surface area contributed by atoms with E-state index in [2.05, 4.69) is 11.8 Å². The molecule has 23 heavy (non-hydrogen) atoms. The first-order valence-corrected chi connectivity index (χ1v) is 8.72. The van der Waals surface area contributed by atoms with E-state index in [9.17, 15) is 5.11 Å². The van der Waals surface area contributed by atoms with Crippen LogP contribution in [0.3, 0.4) is 0 Å². The van der Waals surface area contributed by atoms with Gasteiger partial charge in [-0.25, -0.2) is 0 Å². The van der Waals surface area contributed by atoms with Crippen molar-refractivity contribution >= 4 is 46.4 Å². The van der Waals surface area contributed by atoms with Crippen LogP contribution in [-0.4, -0.2) is 41.5 Å². The second-order valence-corrected chi connectivity index (χ2v) is 8.61. The van der Waals surface area contributed by atoms with E-state index in [4.69, 9.17) is 55.9 Å².